The first-order chi connectivity index (χ1) is 7.09. The second kappa shape index (κ2) is 3.38. The fourth-order valence-corrected chi connectivity index (χ4v) is 1.16. The van der Waals surface area contributed by atoms with Crippen molar-refractivity contribution in [2.45, 2.75) is 0 Å². The highest BCUT2D eigenvalue weighted by Gasteiger charge is 2.16. The molecule has 0 radical (unpaired) electrons. The summed E-state index contributed by atoms with van der Waals surface area (Å²) < 4.78 is 40.1. The van der Waals surface area contributed by atoms with E-state index in [1.54, 1.807) is 7.05 Å². The van der Waals surface area contributed by atoms with E-state index in [1.807, 2.05) is 0 Å². The van der Waals surface area contributed by atoms with Gasteiger partial charge in [0.25, 0.3) is 0 Å². The van der Waals surface area contributed by atoms with Crippen molar-refractivity contribution in [3.05, 3.63) is 35.9 Å². The van der Waals surface area contributed by atoms with E-state index >= 15 is 0 Å². The summed E-state index contributed by atoms with van der Waals surface area (Å²) in [4.78, 5) is 3.74. The number of hydrogen-bond acceptors (Lipinski definition) is 2. The van der Waals surface area contributed by atoms with E-state index < -0.39 is 17.5 Å². The largest absolute Gasteiger partial charge is 0.255 e. The van der Waals surface area contributed by atoms with Crippen LogP contribution in [0.3, 0.4) is 0 Å². The molecule has 1 aromatic heterocycles. The van der Waals surface area contributed by atoms with Gasteiger partial charge in [-0.05, 0) is 12.1 Å². The van der Waals surface area contributed by atoms with Gasteiger partial charge in [-0.15, -0.1) is 0 Å². The van der Waals surface area contributed by atoms with Crippen molar-refractivity contribution in [3.63, 3.8) is 0 Å². The van der Waals surface area contributed by atoms with Crippen LogP contribution in [0.1, 0.15) is 0 Å². The van der Waals surface area contributed by atoms with Gasteiger partial charge in [-0.25, -0.2) is 18.2 Å². The van der Waals surface area contributed by atoms with E-state index in [0.717, 1.165) is 12.1 Å². The quantitative estimate of drug-likeness (QED) is 0.677. The lowest BCUT2D eigenvalue weighted by Crippen LogP contribution is -1.96. The standard InChI is InChI=1S/C9H6F3N3/c1-15-4-13-9(14-15)5-2-3-6(10)8(12)7(5)11/h2-4H,1H3. The highest BCUT2D eigenvalue weighted by Crippen LogP contribution is 2.22. The third-order valence-corrected chi connectivity index (χ3v) is 1.88. The number of hydrogen-bond donors (Lipinski definition) is 0. The first-order valence-electron chi connectivity index (χ1n) is 4.09. The molecule has 15 heavy (non-hydrogen) atoms. The van der Waals surface area contributed by atoms with Gasteiger partial charge < -0.3 is 0 Å². The Morgan fingerprint density at radius 2 is 1.87 bits per heavy atom. The third-order valence-electron chi connectivity index (χ3n) is 1.88. The summed E-state index contributed by atoms with van der Waals surface area (Å²) in [6.07, 6.45) is 1.34. The molecule has 2 rings (SSSR count). The average Bonchev–Trinajstić information content (AvgIpc) is 2.61. The molecule has 1 heterocycles. The van der Waals surface area contributed by atoms with Gasteiger partial charge >= 0.3 is 0 Å². The molecule has 1 aromatic carbocycles. The molecule has 0 aliphatic rings. The maximum absolute atomic E-state index is 13.3. The monoisotopic (exact) mass is 213 g/mol. The van der Waals surface area contributed by atoms with Crippen molar-refractivity contribution >= 4 is 0 Å². The van der Waals surface area contributed by atoms with E-state index in [1.165, 1.54) is 11.0 Å². The van der Waals surface area contributed by atoms with Crippen molar-refractivity contribution in [1.29, 1.82) is 0 Å². The van der Waals surface area contributed by atoms with Gasteiger partial charge in [0.1, 0.15) is 6.33 Å². The Kier molecular flexibility index (Phi) is 2.18. The molecular weight excluding hydrogens is 207 g/mol. The zero-order valence-corrected chi connectivity index (χ0v) is 7.71. The molecule has 0 spiro atoms. The van der Waals surface area contributed by atoms with Crippen LogP contribution in [0.5, 0.6) is 0 Å². The molecule has 0 unspecified atom stereocenters. The van der Waals surface area contributed by atoms with Gasteiger partial charge in [0.15, 0.2) is 23.3 Å². The number of rotatable bonds is 1. The molecule has 78 valence electrons. The molecule has 0 atom stereocenters. The van der Waals surface area contributed by atoms with Gasteiger partial charge in [-0.2, -0.15) is 5.10 Å². The highest BCUT2D eigenvalue weighted by molar-refractivity contribution is 5.55. The first kappa shape index (κ1) is 9.70. The molecule has 0 fully saturated rings. The zero-order valence-electron chi connectivity index (χ0n) is 7.71. The number of aryl methyl sites for hydroxylation is 1. The molecule has 0 saturated carbocycles. The van der Waals surface area contributed by atoms with E-state index in [9.17, 15) is 13.2 Å². The van der Waals surface area contributed by atoms with Crippen molar-refractivity contribution in [2.24, 2.45) is 7.05 Å². The minimum atomic E-state index is -1.51. The highest BCUT2D eigenvalue weighted by atomic mass is 19.2. The molecule has 0 aliphatic carbocycles. The van der Waals surface area contributed by atoms with Crippen molar-refractivity contribution in [2.75, 3.05) is 0 Å². The summed E-state index contributed by atoms with van der Waals surface area (Å²) in [5.41, 5.74) is -0.158. The van der Waals surface area contributed by atoms with Gasteiger partial charge in [-0.1, -0.05) is 0 Å². The van der Waals surface area contributed by atoms with E-state index in [4.69, 9.17) is 0 Å². The molecule has 0 amide bonds. The lowest BCUT2D eigenvalue weighted by Gasteiger charge is -1.99. The Hall–Kier alpha value is -1.85. The van der Waals surface area contributed by atoms with Crippen LogP contribution in [-0.4, -0.2) is 14.8 Å². The third kappa shape index (κ3) is 1.58. The second-order valence-electron chi connectivity index (χ2n) is 2.96. The molecule has 0 aliphatic heterocycles. The maximum atomic E-state index is 13.3. The Labute approximate surface area is 83.2 Å². The maximum Gasteiger partial charge on any atom is 0.195 e. The zero-order chi connectivity index (χ0) is 11.0. The van der Waals surface area contributed by atoms with Gasteiger partial charge in [-0.3, -0.25) is 4.68 Å². The molecule has 3 nitrogen and oxygen atoms in total. The number of aromatic nitrogens is 3. The summed E-state index contributed by atoms with van der Waals surface area (Å²) in [5.74, 6) is -4.00. The van der Waals surface area contributed by atoms with E-state index in [2.05, 4.69) is 10.1 Å². The Balaban J connectivity index is 2.59. The van der Waals surface area contributed by atoms with E-state index in [0.29, 0.717) is 0 Å². The van der Waals surface area contributed by atoms with Crippen LogP contribution >= 0.6 is 0 Å². The molecule has 0 N–H and O–H groups in total. The molecule has 0 saturated heterocycles. The smallest absolute Gasteiger partial charge is 0.195 e. The van der Waals surface area contributed by atoms with Crippen LogP contribution in [0.4, 0.5) is 13.2 Å². The van der Waals surface area contributed by atoms with Gasteiger partial charge in [0.2, 0.25) is 0 Å². The van der Waals surface area contributed by atoms with E-state index in [-0.39, 0.29) is 11.4 Å². The van der Waals surface area contributed by atoms with Crippen molar-refractivity contribution < 1.29 is 13.2 Å². The fraction of sp³-hybridized carbons (Fsp3) is 0.111. The van der Waals surface area contributed by atoms with Gasteiger partial charge in [0.05, 0.1) is 5.56 Å². The van der Waals surface area contributed by atoms with Gasteiger partial charge in [0, 0.05) is 7.05 Å². The van der Waals surface area contributed by atoms with Crippen LogP contribution in [0.2, 0.25) is 0 Å². The first-order valence-corrected chi connectivity index (χ1v) is 4.09. The summed E-state index contributed by atoms with van der Waals surface area (Å²) in [7, 11) is 1.59. The lowest BCUT2D eigenvalue weighted by molar-refractivity contribution is 0.448. The van der Waals surface area contributed by atoms with Crippen LogP contribution in [0.15, 0.2) is 18.5 Å². The SMILES string of the molecule is Cn1cnc(-c2ccc(F)c(F)c2F)n1. The second-order valence-corrected chi connectivity index (χ2v) is 2.96. The lowest BCUT2D eigenvalue weighted by atomic mass is 10.2. The number of benzene rings is 1. The molecule has 2 aromatic rings. The Morgan fingerprint density at radius 1 is 1.13 bits per heavy atom. The average molecular weight is 213 g/mol. The molecule has 0 bridgehead atoms. The minimum Gasteiger partial charge on any atom is -0.255 e. The summed E-state index contributed by atoms with van der Waals surface area (Å²) in [6.45, 7) is 0. The van der Waals surface area contributed by atoms with Crippen molar-refractivity contribution in [3.8, 4) is 11.4 Å². The van der Waals surface area contributed by atoms with Crippen LogP contribution in [0, 0.1) is 17.5 Å². The number of halogens is 3. The van der Waals surface area contributed by atoms with Crippen LogP contribution in [0.25, 0.3) is 11.4 Å². The summed E-state index contributed by atoms with van der Waals surface area (Å²) in [6, 6.07) is 1.94. The summed E-state index contributed by atoms with van der Waals surface area (Å²) in [5, 5.41) is 3.79. The molecular formula is C9H6F3N3. The minimum absolute atomic E-state index is 0.0221. The normalized spacial score (nSPS) is 10.7. The van der Waals surface area contributed by atoms with Crippen molar-refractivity contribution in [1.82, 2.24) is 14.8 Å². The Morgan fingerprint density at radius 3 is 2.47 bits per heavy atom. The molecule has 6 heteroatoms. The predicted octanol–water partition coefficient (Wildman–Crippen LogP) is 1.90. The van der Waals surface area contributed by atoms with Crippen LogP contribution in [-0.2, 0) is 7.05 Å². The summed E-state index contributed by atoms with van der Waals surface area (Å²) >= 11 is 0. The number of nitrogens with zero attached hydrogens (tertiary/aromatic N) is 3. The van der Waals surface area contributed by atoms with Crippen LogP contribution < -0.4 is 0 Å². The predicted molar refractivity (Wildman–Crippen MR) is 46.3 cm³/mol. The fourth-order valence-electron chi connectivity index (χ4n) is 1.16. The topological polar surface area (TPSA) is 30.7 Å². The Bertz CT molecular complexity index is 507.